The van der Waals surface area contributed by atoms with Gasteiger partial charge in [0.25, 0.3) is 0 Å². The van der Waals surface area contributed by atoms with Crippen LogP contribution < -0.4 is 10.6 Å². The van der Waals surface area contributed by atoms with Crippen LogP contribution in [0, 0.1) is 5.92 Å². The van der Waals surface area contributed by atoms with Crippen molar-refractivity contribution in [1.82, 2.24) is 5.32 Å². The Kier molecular flexibility index (Phi) is 5.12. The molecule has 5 heteroatoms. The molecule has 0 radical (unpaired) electrons. The minimum absolute atomic E-state index is 0.0374. The van der Waals surface area contributed by atoms with Gasteiger partial charge in [-0.2, -0.15) is 0 Å². The number of carboxylic acids is 1. The van der Waals surface area contributed by atoms with Crippen LogP contribution >= 0.6 is 0 Å². The zero-order chi connectivity index (χ0) is 14.4. The van der Waals surface area contributed by atoms with Crippen LogP contribution in [0.2, 0.25) is 0 Å². The van der Waals surface area contributed by atoms with E-state index in [-0.39, 0.29) is 18.2 Å². The van der Waals surface area contributed by atoms with Crippen LogP contribution in [0.5, 0.6) is 0 Å². The summed E-state index contributed by atoms with van der Waals surface area (Å²) in [5.74, 6) is -0.710. The molecule has 1 heterocycles. The van der Waals surface area contributed by atoms with Gasteiger partial charge >= 0.3 is 5.97 Å². The van der Waals surface area contributed by atoms with Crippen LogP contribution in [0.4, 0.5) is 5.69 Å². The Labute approximate surface area is 118 Å². The lowest BCUT2D eigenvalue weighted by Gasteiger charge is -2.21. The molecule has 20 heavy (non-hydrogen) atoms. The second-order valence-electron chi connectivity index (χ2n) is 5.12. The molecule has 2 rings (SSSR count). The van der Waals surface area contributed by atoms with Crippen LogP contribution in [-0.2, 0) is 16.0 Å². The summed E-state index contributed by atoms with van der Waals surface area (Å²) in [6, 6.07) is 7.37. The number of carbonyl (C=O) groups is 2. The number of benzene rings is 1. The highest BCUT2D eigenvalue weighted by molar-refractivity contribution is 5.92. The number of amides is 1. The zero-order valence-corrected chi connectivity index (χ0v) is 11.4. The minimum atomic E-state index is -0.799. The second kappa shape index (κ2) is 7.05. The van der Waals surface area contributed by atoms with Crippen LogP contribution in [-0.4, -0.2) is 30.1 Å². The number of hydrogen-bond donors (Lipinski definition) is 3. The molecule has 1 unspecified atom stereocenters. The Balaban J connectivity index is 1.86. The van der Waals surface area contributed by atoms with Gasteiger partial charge in [0, 0.05) is 18.7 Å². The number of nitrogens with one attached hydrogen (secondary N) is 2. The first-order chi connectivity index (χ1) is 9.65. The lowest BCUT2D eigenvalue weighted by Crippen LogP contribution is -2.37. The number of hydrogen-bond acceptors (Lipinski definition) is 3. The fraction of sp³-hybridized carbons (Fsp3) is 0.467. The summed E-state index contributed by atoms with van der Waals surface area (Å²) in [4.78, 5) is 22.5. The van der Waals surface area contributed by atoms with Crippen molar-refractivity contribution in [3.63, 3.8) is 0 Å². The van der Waals surface area contributed by atoms with Gasteiger partial charge in [-0.05, 0) is 43.5 Å². The van der Waals surface area contributed by atoms with Gasteiger partial charge in [-0.3, -0.25) is 9.59 Å². The number of carbonyl (C=O) groups excluding carboxylic acids is 1. The van der Waals surface area contributed by atoms with E-state index < -0.39 is 5.97 Å². The number of carboxylic acid groups (broad SMARTS) is 1. The molecule has 0 spiro atoms. The van der Waals surface area contributed by atoms with Crippen molar-refractivity contribution in [1.29, 1.82) is 0 Å². The SMILES string of the molecule is O=C(O)CCc1ccc(NC(=O)C2CCCNC2)cc1. The summed E-state index contributed by atoms with van der Waals surface area (Å²) in [5, 5.41) is 14.8. The summed E-state index contributed by atoms with van der Waals surface area (Å²) >= 11 is 0. The van der Waals surface area contributed by atoms with E-state index in [1.165, 1.54) is 0 Å². The van der Waals surface area contributed by atoms with Crippen LogP contribution in [0.15, 0.2) is 24.3 Å². The van der Waals surface area contributed by atoms with Crippen molar-refractivity contribution < 1.29 is 14.7 Å². The van der Waals surface area contributed by atoms with Gasteiger partial charge in [0.15, 0.2) is 0 Å². The molecule has 0 saturated carbocycles. The highest BCUT2D eigenvalue weighted by Gasteiger charge is 2.20. The maximum Gasteiger partial charge on any atom is 0.303 e. The number of rotatable bonds is 5. The average Bonchev–Trinajstić information content (AvgIpc) is 2.47. The highest BCUT2D eigenvalue weighted by Crippen LogP contribution is 2.15. The third-order valence-electron chi connectivity index (χ3n) is 3.52. The van der Waals surface area contributed by atoms with Gasteiger partial charge in [-0.25, -0.2) is 0 Å². The van der Waals surface area contributed by atoms with E-state index in [1.54, 1.807) is 0 Å². The Morgan fingerprint density at radius 3 is 2.65 bits per heavy atom. The summed E-state index contributed by atoms with van der Waals surface area (Å²) in [6.07, 6.45) is 2.59. The second-order valence-corrected chi connectivity index (χ2v) is 5.12. The van der Waals surface area contributed by atoms with Gasteiger partial charge < -0.3 is 15.7 Å². The highest BCUT2D eigenvalue weighted by atomic mass is 16.4. The number of anilines is 1. The van der Waals surface area contributed by atoms with Gasteiger partial charge in [-0.15, -0.1) is 0 Å². The average molecular weight is 276 g/mol. The summed E-state index contributed by atoms with van der Waals surface area (Å²) in [5.41, 5.74) is 1.73. The van der Waals surface area contributed by atoms with Gasteiger partial charge in [0.1, 0.15) is 0 Å². The standard InChI is InChI=1S/C15H20N2O3/c18-14(19)8-5-11-3-6-13(7-4-11)17-15(20)12-2-1-9-16-10-12/h3-4,6-7,12,16H,1-2,5,8-10H2,(H,17,20)(H,18,19). The first-order valence-electron chi connectivity index (χ1n) is 6.97. The van der Waals surface area contributed by atoms with Crippen molar-refractivity contribution >= 4 is 17.6 Å². The molecule has 3 N–H and O–H groups in total. The molecule has 0 bridgehead atoms. The molecule has 1 atom stereocenters. The third-order valence-corrected chi connectivity index (χ3v) is 3.52. The van der Waals surface area contributed by atoms with E-state index in [0.29, 0.717) is 6.42 Å². The topological polar surface area (TPSA) is 78.4 Å². The van der Waals surface area contributed by atoms with Gasteiger partial charge in [-0.1, -0.05) is 12.1 Å². The third kappa shape index (κ3) is 4.35. The van der Waals surface area contributed by atoms with Gasteiger partial charge in [0.2, 0.25) is 5.91 Å². The van der Waals surface area contributed by atoms with Crippen molar-refractivity contribution in [3.05, 3.63) is 29.8 Å². The molecule has 0 aliphatic carbocycles. The molecule has 1 aliphatic heterocycles. The molecule has 1 aliphatic rings. The predicted octanol–water partition coefficient (Wildman–Crippen LogP) is 1.64. The minimum Gasteiger partial charge on any atom is -0.481 e. The van der Waals surface area contributed by atoms with E-state index in [0.717, 1.165) is 37.2 Å². The lowest BCUT2D eigenvalue weighted by molar-refractivity contribution is -0.137. The Bertz CT molecular complexity index is 465. The van der Waals surface area contributed by atoms with E-state index in [1.807, 2.05) is 24.3 Å². The number of piperidine rings is 1. The van der Waals surface area contributed by atoms with E-state index >= 15 is 0 Å². The Hall–Kier alpha value is -1.88. The number of aliphatic carboxylic acids is 1. The molecular formula is C15H20N2O3. The molecule has 1 aromatic carbocycles. The molecule has 0 aromatic heterocycles. The molecule has 1 amide bonds. The Morgan fingerprint density at radius 1 is 1.30 bits per heavy atom. The quantitative estimate of drug-likeness (QED) is 0.764. The van der Waals surface area contributed by atoms with Crippen molar-refractivity contribution in [2.75, 3.05) is 18.4 Å². The molecule has 1 fully saturated rings. The normalized spacial score (nSPS) is 18.5. The van der Waals surface area contributed by atoms with E-state index in [2.05, 4.69) is 10.6 Å². The molecule has 1 saturated heterocycles. The summed E-state index contributed by atoms with van der Waals surface area (Å²) < 4.78 is 0. The Morgan fingerprint density at radius 2 is 2.05 bits per heavy atom. The fourth-order valence-corrected chi connectivity index (χ4v) is 2.33. The first kappa shape index (κ1) is 14.5. The zero-order valence-electron chi connectivity index (χ0n) is 11.4. The van der Waals surface area contributed by atoms with Crippen LogP contribution in [0.25, 0.3) is 0 Å². The van der Waals surface area contributed by atoms with Crippen LogP contribution in [0.3, 0.4) is 0 Å². The van der Waals surface area contributed by atoms with Crippen LogP contribution in [0.1, 0.15) is 24.8 Å². The maximum absolute atomic E-state index is 12.0. The molecule has 108 valence electrons. The summed E-state index contributed by atoms with van der Waals surface area (Å²) in [6.45, 7) is 1.73. The van der Waals surface area contributed by atoms with Crippen molar-refractivity contribution in [2.45, 2.75) is 25.7 Å². The summed E-state index contributed by atoms with van der Waals surface area (Å²) in [7, 11) is 0. The molecule has 5 nitrogen and oxygen atoms in total. The maximum atomic E-state index is 12.0. The first-order valence-corrected chi connectivity index (χ1v) is 6.97. The van der Waals surface area contributed by atoms with Gasteiger partial charge in [0.05, 0.1) is 5.92 Å². The lowest BCUT2D eigenvalue weighted by atomic mass is 9.98. The van der Waals surface area contributed by atoms with E-state index in [9.17, 15) is 9.59 Å². The largest absolute Gasteiger partial charge is 0.481 e. The molecular weight excluding hydrogens is 256 g/mol. The van der Waals surface area contributed by atoms with E-state index in [4.69, 9.17) is 5.11 Å². The van der Waals surface area contributed by atoms with Crippen molar-refractivity contribution in [2.24, 2.45) is 5.92 Å². The fourth-order valence-electron chi connectivity index (χ4n) is 2.33. The smallest absolute Gasteiger partial charge is 0.303 e. The molecule has 1 aromatic rings. The monoisotopic (exact) mass is 276 g/mol. The van der Waals surface area contributed by atoms with Crippen molar-refractivity contribution in [3.8, 4) is 0 Å². The predicted molar refractivity (Wildman–Crippen MR) is 76.6 cm³/mol. The number of aryl methyl sites for hydroxylation is 1.